The second kappa shape index (κ2) is 5.54. The van der Waals surface area contributed by atoms with Crippen LogP contribution in [0.3, 0.4) is 0 Å². The molecule has 1 aromatic carbocycles. The van der Waals surface area contributed by atoms with Crippen LogP contribution in [-0.4, -0.2) is 14.8 Å². The minimum absolute atomic E-state index is 0.195. The van der Waals surface area contributed by atoms with Gasteiger partial charge in [0, 0.05) is 6.20 Å². The number of halogens is 4. The van der Waals surface area contributed by atoms with Crippen LogP contribution in [0.2, 0.25) is 5.02 Å². The van der Waals surface area contributed by atoms with E-state index < -0.39 is 23.3 Å². The molecule has 0 atom stereocenters. The quantitative estimate of drug-likeness (QED) is 0.715. The molecule has 118 valence electrons. The van der Waals surface area contributed by atoms with E-state index in [-0.39, 0.29) is 16.5 Å². The number of aromatic nitrogens is 3. The molecule has 0 fully saturated rings. The fourth-order valence-electron chi connectivity index (χ4n) is 1.94. The van der Waals surface area contributed by atoms with Gasteiger partial charge >= 0.3 is 11.9 Å². The third kappa shape index (κ3) is 2.85. The minimum Gasteiger partial charge on any atom is -0.387 e. The smallest absolute Gasteiger partial charge is 0.387 e. The summed E-state index contributed by atoms with van der Waals surface area (Å²) >= 11 is 5.96. The normalized spacial score (nSPS) is 11.7. The lowest BCUT2D eigenvalue weighted by molar-refractivity contribution is -0.137. The lowest BCUT2D eigenvalue weighted by atomic mass is 10.2. The minimum atomic E-state index is -4.69. The van der Waals surface area contributed by atoms with Gasteiger partial charge < -0.3 is 4.42 Å². The van der Waals surface area contributed by atoms with E-state index in [0.29, 0.717) is 4.68 Å². The molecule has 3 aromatic rings. The molecular formula is C14H7ClF3N3O2. The first kappa shape index (κ1) is 15.3. The van der Waals surface area contributed by atoms with E-state index in [4.69, 9.17) is 16.0 Å². The molecule has 3 rings (SSSR count). The number of benzene rings is 1. The Bertz CT molecular complexity index is 918. The molecule has 0 N–H and O–H groups in total. The summed E-state index contributed by atoms with van der Waals surface area (Å²) < 4.78 is 44.4. The Morgan fingerprint density at radius 2 is 1.87 bits per heavy atom. The van der Waals surface area contributed by atoms with E-state index in [2.05, 4.69) is 10.1 Å². The van der Waals surface area contributed by atoms with Gasteiger partial charge in [-0.1, -0.05) is 23.7 Å². The van der Waals surface area contributed by atoms with Gasteiger partial charge in [0.2, 0.25) is 0 Å². The standard InChI is InChI=1S/C14H7ClF3N3O2/c15-10-6-2-1-4-8(10)12-20-21(13(22)23-12)11-9(14(16,17)18)5-3-7-19-11/h1-7H. The summed E-state index contributed by atoms with van der Waals surface area (Å²) in [5.41, 5.74) is -0.810. The summed E-state index contributed by atoms with van der Waals surface area (Å²) in [7, 11) is 0. The van der Waals surface area contributed by atoms with Crippen LogP contribution in [0.4, 0.5) is 13.2 Å². The molecule has 0 saturated carbocycles. The number of rotatable bonds is 2. The largest absolute Gasteiger partial charge is 0.443 e. The second-order valence-electron chi connectivity index (χ2n) is 4.44. The molecule has 0 aliphatic heterocycles. The third-order valence-corrected chi connectivity index (χ3v) is 3.27. The van der Waals surface area contributed by atoms with Gasteiger partial charge in [-0.05, 0) is 24.3 Å². The summed E-state index contributed by atoms with van der Waals surface area (Å²) in [5, 5.41) is 4.02. The highest BCUT2D eigenvalue weighted by atomic mass is 35.5. The number of hydrogen-bond acceptors (Lipinski definition) is 4. The van der Waals surface area contributed by atoms with Gasteiger partial charge in [0.25, 0.3) is 5.89 Å². The summed E-state index contributed by atoms with van der Waals surface area (Å²) in [6.07, 6.45) is -3.56. The Kier molecular flexibility index (Phi) is 3.69. The Labute approximate surface area is 132 Å². The van der Waals surface area contributed by atoms with Gasteiger partial charge in [-0.15, -0.1) is 9.78 Å². The second-order valence-corrected chi connectivity index (χ2v) is 4.84. The zero-order valence-electron chi connectivity index (χ0n) is 11.2. The van der Waals surface area contributed by atoms with Gasteiger partial charge in [-0.2, -0.15) is 13.2 Å². The average Bonchev–Trinajstić information content (AvgIpc) is 2.88. The third-order valence-electron chi connectivity index (χ3n) is 2.94. The van der Waals surface area contributed by atoms with Crippen molar-refractivity contribution in [3.05, 3.63) is 63.7 Å². The Hall–Kier alpha value is -2.61. The van der Waals surface area contributed by atoms with Crippen LogP contribution >= 0.6 is 11.6 Å². The van der Waals surface area contributed by atoms with Crippen LogP contribution in [0.5, 0.6) is 0 Å². The average molecular weight is 342 g/mol. The topological polar surface area (TPSA) is 60.9 Å². The molecule has 0 aliphatic rings. The summed E-state index contributed by atoms with van der Waals surface area (Å²) in [6.45, 7) is 0. The maximum atomic E-state index is 13.0. The van der Waals surface area contributed by atoms with Crippen LogP contribution in [-0.2, 0) is 6.18 Å². The molecule has 2 heterocycles. The van der Waals surface area contributed by atoms with Gasteiger partial charge in [-0.3, -0.25) is 0 Å². The van der Waals surface area contributed by atoms with Crippen molar-refractivity contribution >= 4 is 11.6 Å². The monoisotopic (exact) mass is 341 g/mol. The van der Waals surface area contributed by atoms with Crippen molar-refractivity contribution in [1.29, 1.82) is 0 Å². The highest BCUT2D eigenvalue weighted by molar-refractivity contribution is 6.33. The van der Waals surface area contributed by atoms with Crippen LogP contribution in [0.15, 0.2) is 51.8 Å². The van der Waals surface area contributed by atoms with Gasteiger partial charge in [0.05, 0.1) is 10.6 Å². The maximum Gasteiger partial charge on any atom is 0.443 e. The molecule has 2 aromatic heterocycles. The van der Waals surface area contributed by atoms with Crippen molar-refractivity contribution in [3.8, 4) is 17.3 Å². The van der Waals surface area contributed by atoms with Crippen molar-refractivity contribution in [2.24, 2.45) is 0 Å². The van der Waals surface area contributed by atoms with Gasteiger partial charge in [-0.25, -0.2) is 9.78 Å². The zero-order chi connectivity index (χ0) is 16.6. The Morgan fingerprint density at radius 3 is 2.57 bits per heavy atom. The first-order valence-corrected chi connectivity index (χ1v) is 6.63. The molecule has 0 aliphatic carbocycles. The highest BCUT2D eigenvalue weighted by Gasteiger charge is 2.35. The first-order valence-electron chi connectivity index (χ1n) is 6.25. The predicted octanol–water partition coefficient (Wildman–Crippen LogP) is 3.56. The molecule has 23 heavy (non-hydrogen) atoms. The van der Waals surface area contributed by atoms with Gasteiger partial charge in [0.1, 0.15) is 5.56 Å². The summed E-state index contributed by atoms with van der Waals surface area (Å²) in [6, 6.07) is 8.27. The van der Waals surface area contributed by atoms with E-state index in [1.165, 1.54) is 12.1 Å². The van der Waals surface area contributed by atoms with E-state index >= 15 is 0 Å². The van der Waals surface area contributed by atoms with Crippen molar-refractivity contribution in [3.63, 3.8) is 0 Å². The van der Waals surface area contributed by atoms with Crippen molar-refractivity contribution < 1.29 is 17.6 Å². The molecule has 5 nitrogen and oxygen atoms in total. The van der Waals surface area contributed by atoms with Crippen molar-refractivity contribution in [2.45, 2.75) is 6.18 Å². The van der Waals surface area contributed by atoms with Crippen LogP contribution in [0.25, 0.3) is 17.3 Å². The number of pyridine rings is 1. The predicted molar refractivity (Wildman–Crippen MR) is 75.3 cm³/mol. The SMILES string of the molecule is O=c1oc(-c2ccccc2Cl)nn1-c1ncccc1C(F)(F)F. The van der Waals surface area contributed by atoms with Crippen molar-refractivity contribution in [1.82, 2.24) is 14.8 Å². The zero-order valence-corrected chi connectivity index (χ0v) is 12.0. The van der Waals surface area contributed by atoms with Crippen molar-refractivity contribution in [2.75, 3.05) is 0 Å². The fraction of sp³-hybridized carbons (Fsp3) is 0.0714. The van der Waals surface area contributed by atoms with Crippen LogP contribution in [0.1, 0.15) is 5.56 Å². The van der Waals surface area contributed by atoms with E-state index in [1.54, 1.807) is 12.1 Å². The molecule has 9 heteroatoms. The summed E-state index contributed by atoms with van der Waals surface area (Å²) in [5.74, 6) is -1.95. The molecule has 0 saturated heterocycles. The van der Waals surface area contributed by atoms with E-state index in [0.717, 1.165) is 18.3 Å². The number of hydrogen-bond donors (Lipinski definition) is 0. The molecular weight excluding hydrogens is 335 g/mol. The van der Waals surface area contributed by atoms with E-state index in [9.17, 15) is 18.0 Å². The lowest BCUT2D eigenvalue weighted by Crippen LogP contribution is -2.20. The molecule has 0 amide bonds. The number of nitrogens with zero attached hydrogens (tertiary/aromatic N) is 3. The summed E-state index contributed by atoms with van der Waals surface area (Å²) in [4.78, 5) is 15.5. The van der Waals surface area contributed by atoms with Gasteiger partial charge in [0.15, 0.2) is 5.82 Å². The molecule has 0 spiro atoms. The Balaban J connectivity index is 2.18. The molecule has 0 unspecified atom stereocenters. The van der Waals surface area contributed by atoms with Crippen LogP contribution in [0, 0.1) is 0 Å². The van der Waals surface area contributed by atoms with E-state index in [1.807, 2.05) is 0 Å². The lowest BCUT2D eigenvalue weighted by Gasteiger charge is -2.09. The highest BCUT2D eigenvalue weighted by Crippen LogP contribution is 2.32. The first-order chi connectivity index (χ1) is 10.9. The molecule has 0 bridgehead atoms. The fourth-order valence-corrected chi connectivity index (χ4v) is 2.16. The maximum absolute atomic E-state index is 13.0. The number of alkyl halides is 3. The molecule has 0 radical (unpaired) electrons. The van der Waals surface area contributed by atoms with Crippen LogP contribution < -0.4 is 5.76 Å². The Morgan fingerprint density at radius 1 is 1.13 bits per heavy atom.